The highest BCUT2D eigenvalue weighted by Gasteiger charge is 2.12. The Kier molecular flexibility index (Phi) is 4.94. The molecular formula is C20H22N2O2. The van der Waals surface area contributed by atoms with Crippen LogP contribution < -0.4 is 10.9 Å². The van der Waals surface area contributed by atoms with Crippen LogP contribution in [0.3, 0.4) is 0 Å². The highest BCUT2D eigenvalue weighted by molar-refractivity contribution is 5.95. The first-order valence-corrected chi connectivity index (χ1v) is 8.38. The Balaban J connectivity index is 1.54. The van der Waals surface area contributed by atoms with Crippen LogP contribution in [0.4, 0.5) is 0 Å². The molecule has 0 unspecified atom stereocenters. The SMILES string of the molecule is Cc1ccc(C(=O)NNC(=O)Cc2ccc3c(c2)CCCC3)cc1. The van der Waals surface area contributed by atoms with E-state index in [0.717, 1.165) is 24.0 Å². The third kappa shape index (κ3) is 4.02. The summed E-state index contributed by atoms with van der Waals surface area (Å²) in [6.45, 7) is 1.96. The Morgan fingerprint density at radius 2 is 1.62 bits per heavy atom. The summed E-state index contributed by atoms with van der Waals surface area (Å²) in [7, 11) is 0. The molecule has 0 heterocycles. The minimum atomic E-state index is -0.311. The van der Waals surface area contributed by atoms with Gasteiger partial charge in [0, 0.05) is 5.56 Å². The van der Waals surface area contributed by atoms with Gasteiger partial charge in [-0.2, -0.15) is 0 Å². The number of hydrazine groups is 1. The van der Waals surface area contributed by atoms with Crippen LogP contribution in [0.15, 0.2) is 42.5 Å². The van der Waals surface area contributed by atoms with E-state index in [-0.39, 0.29) is 18.2 Å². The van der Waals surface area contributed by atoms with Crippen LogP contribution in [0.5, 0.6) is 0 Å². The number of hydrogen-bond donors (Lipinski definition) is 2. The van der Waals surface area contributed by atoms with Crippen molar-refractivity contribution in [1.82, 2.24) is 10.9 Å². The Morgan fingerprint density at radius 1 is 0.917 bits per heavy atom. The molecule has 2 aromatic rings. The summed E-state index contributed by atoms with van der Waals surface area (Å²) in [5, 5.41) is 0. The number of hydrogen-bond acceptors (Lipinski definition) is 2. The number of benzene rings is 2. The summed E-state index contributed by atoms with van der Waals surface area (Å²) in [4.78, 5) is 24.0. The first kappa shape index (κ1) is 16.2. The Hall–Kier alpha value is -2.62. The Morgan fingerprint density at radius 3 is 2.38 bits per heavy atom. The van der Waals surface area contributed by atoms with Crippen molar-refractivity contribution in [1.29, 1.82) is 0 Å². The quantitative estimate of drug-likeness (QED) is 0.854. The minimum Gasteiger partial charge on any atom is -0.273 e. The number of amides is 2. The molecule has 124 valence electrons. The summed E-state index contributed by atoms with van der Waals surface area (Å²) >= 11 is 0. The molecule has 0 spiro atoms. The van der Waals surface area contributed by atoms with E-state index in [1.807, 2.05) is 25.1 Å². The van der Waals surface area contributed by atoms with E-state index < -0.39 is 0 Å². The molecule has 24 heavy (non-hydrogen) atoms. The lowest BCUT2D eigenvalue weighted by molar-refractivity contribution is -0.121. The van der Waals surface area contributed by atoms with Crippen LogP contribution in [0.1, 0.15) is 45.5 Å². The Labute approximate surface area is 142 Å². The van der Waals surface area contributed by atoms with Gasteiger partial charge in [0.2, 0.25) is 5.91 Å². The predicted octanol–water partition coefficient (Wildman–Crippen LogP) is 2.88. The first-order chi connectivity index (χ1) is 11.6. The molecule has 0 saturated carbocycles. The predicted molar refractivity (Wildman–Crippen MR) is 93.6 cm³/mol. The fourth-order valence-corrected chi connectivity index (χ4v) is 3.03. The molecule has 1 aliphatic rings. The van der Waals surface area contributed by atoms with Crippen molar-refractivity contribution in [3.05, 3.63) is 70.3 Å². The molecule has 0 aliphatic heterocycles. The summed E-state index contributed by atoms with van der Waals surface area (Å²) in [5.41, 5.74) is 10.3. The van der Waals surface area contributed by atoms with Gasteiger partial charge in [0.15, 0.2) is 0 Å². The van der Waals surface area contributed by atoms with E-state index in [2.05, 4.69) is 23.0 Å². The van der Waals surface area contributed by atoms with Crippen molar-refractivity contribution >= 4 is 11.8 Å². The number of carbonyl (C=O) groups excluding carboxylic acids is 2. The van der Waals surface area contributed by atoms with Crippen LogP contribution in [-0.4, -0.2) is 11.8 Å². The molecular weight excluding hydrogens is 300 g/mol. The van der Waals surface area contributed by atoms with Crippen molar-refractivity contribution in [3.8, 4) is 0 Å². The van der Waals surface area contributed by atoms with E-state index in [4.69, 9.17) is 0 Å². The molecule has 4 nitrogen and oxygen atoms in total. The maximum absolute atomic E-state index is 12.0. The lowest BCUT2D eigenvalue weighted by Gasteiger charge is -2.16. The number of fused-ring (bicyclic) bond motifs is 1. The number of nitrogens with one attached hydrogen (secondary N) is 2. The molecule has 0 fully saturated rings. The molecule has 2 amide bonds. The second-order valence-electron chi connectivity index (χ2n) is 6.36. The lowest BCUT2D eigenvalue weighted by atomic mass is 9.90. The summed E-state index contributed by atoms with van der Waals surface area (Å²) in [6, 6.07) is 13.5. The monoisotopic (exact) mass is 322 g/mol. The van der Waals surface area contributed by atoms with Crippen LogP contribution in [0.2, 0.25) is 0 Å². The third-order valence-electron chi connectivity index (χ3n) is 4.41. The standard InChI is InChI=1S/C20H22N2O2/c1-14-6-9-17(10-7-14)20(24)22-21-19(23)13-15-8-11-16-4-2-3-5-18(16)12-15/h6-12H,2-5,13H2,1H3,(H,21,23)(H,22,24). The van der Waals surface area contributed by atoms with Gasteiger partial charge in [-0.3, -0.25) is 20.4 Å². The number of rotatable bonds is 3. The van der Waals surface area contributed by atoms with Gasteiger partial charge in [-0.15, -0.1) is 0 Å². The number of carbonyl (C=O) groups is 2. The summed E-state index contributed by atoms with van der Waals surface area (Å²) in [5.74, 6) is -0.528. The maximum atomic E-state index is 12.0. The zero-order chi connectivity index (χ0) is 16.9. The van der Waals surface area contributed by atoms with Gasteiger partial charge in [0.1, 0.15) is 0 Å². The van der Waals surface area contributed by atoms with Crippen LogP contribution in [0, 0.1) is 6.92 Å². The second kappa shape index (κ2) is 7.30. The minimum absolute atomic E-state index is 0.216. The van der Waals surface area contributed by atoms with E-state index >= 15 is 0 Å². The molecule has 2 N–H and O–H groups in total. The third-order valence-corrected chi connectivity index (χ3v) is 4.41. The van der Waals surface area contributed by atoms with Crippen molar-refractivity contribution in [3.63, 3.8) is 0 Å². The lowest BCUT2D eigenvalue weighted by Crippen LogP contribution is -2.42. The van der Waals surface area contributed by atoms with Crippen LogP contribution in [-0.2, 0) is 24.1 Å². The zero-order valence-corrected chi connectivity index (χ0v) is 13.9. The molecule has 2 aromatic carbocycles. The molecule has 1 aliphatic carbocycles. The van der Waals surface area contributed by atoms with Gasteiger partial charge >= 0.3 is 0 Å². The zero-order valence-electron chi connectivity index (χ0n) is 13.9. The van der Waals surface area contributed by atoms with E-state index in [1.165, 1.54) is 24.0 Å². The van der Waals surface area contributed by atoms with Gasteiger partial charge in [0.05, 0.1) is 6.42 Å². The van der Waals surface area contributed by atoms with Gasteiger partial charge in [-0.25, -0.2) is 0 Å². The smallest absolute Gasteiger partial charge is 0.269 e. The summed E-state index contributed by atoms with van der Waals surface area (Å²) < 4.78 is 0. The van der Waals surface area contributed by atoms with Gasteiger partial charge in [-0.05, 0) is 61.4 Å². The van der Waals surface area contributed by atoms with Crippen molar-refractivity contribution in [2.24, 2.45) is 0 Å². The molecule has 0 bridgehead atoms. The van der Waals surface area contributed by atoms with E-state index in [0.29, 0.717) is 5.56 Å². The van der Waals surface area contributed by atoms with Crippen LogP contribution in [0.25, 0.3) is 0 Å². The Bertz CT molecular complexity index is 751. The summed E-state index contributed by atoms with van der Waals surface area (Å²) in [6.07, 6.45) is 4.96. The average Bonchev–Trinajstić information content (AvgIpc) is 2.60. The highest BCUT2D eigenvalue weighted by Crippen LogP contribution is 2.22. The van der Waals surface area contributed by atoms with Gasteiger partial charge in [0.25, 0.3) is 5.91 Å². The molecule has 4 heteroatoms. The fourth-order valence-electron chi connectivity index (χ4n) is 3.03. The van der Waals surface area contributed by atoms with Crippen molar-refractivity contribution in [2.75, 3.05) is 0 Å². The van der Waals surface area contributed by atoms with Gasteiger partial charge in [-0.1, -0.05) is 35.9 Å². The highest BCUT2D eigenvalue weighted by atomic mass is 16.2. The molecule has 0 radical (unpaired) electrons. The average molecular weight is 322 g/mol. The molecule has 0 aromatic heterocycles. The van der Waals surface area contributed by atoms with E-state index in [1.54, 1.807) is 12.1 Å². The maximum Gasteiger partial charge on any atom is 0.269 e. The molecule has 0 atom stereocenters. The van der Waals surface area contributed by atoms with Gasteiger partial charge < -0.3 is 0 Å². The van der Waals surface area contributed by atoms with E-state index in [9.17, 15) is 9.59 Å². The normalized spacial score (nSPS) is 13.0. The fraction of sp³-hybridized carbons (Fsp3) is 0.300. The molecule has 3 rings (SSSR count). The number of aryl methyl sites for hydroxylation is 3. The van der Waals surface area contributed by atoms with Crippen molar-refractivity contribution in [2.45, 2.75) is 39.0 Å². The largest absolute Gasteiger partial charge is 0.273 e. The molecule has 0 saturated heterocycles. The second-order valence-corrected chi connectivity index (χ2v) is 6.36. The topological polar surface area (TPSA) is 58.2 Å². The van der Waals surface area contributed by atoms with Crippen LogP contribution >= 0.6 is 0 Å². The van der Waals surface area contributed by atoms with Crippen molar-refractivity contribution < 1.29 is 9.59 Å². The first-order valence-electron chi connectivity index (χ1n) is 8.38.